The van der Waals surface area contributed by atoms with Crippen LogP contribution in [0.4, 0.5) is 0 Å². The summed E-state index contributed by atoms with van der Waals surface area (Å²) >= 11 is 0. The molecule has 5 nitrogen and oxygen atoms in total. The summed E-state index contributed by atoms with van der Waals surface area (Å²) in [6, 6.07) is 11.1. The van der Waals surface area contributed by atoms with E-state index in [1.807, 2.05) is 26.0 Å². The van der Waals surface area contributed by atoms with Crippen molar-refractivity contribution < 1.29 is 17.9 Å². The quantitative estimate of drug-likeness (QED) is 0.754. The van der Waals surface area contributed by atoms with Crippen molar-refractivity contribution in [1.29, 1.82) is 0 Å². The van der Waals surface area contributed by atoms with E-state index in [2.05, 4.69) is 0 Å². The van der Waals surface area contributed by atoms with Gasteiger partial charge in [-0.3, -0.25) is 4.79 Å². The Balaban J connectivity index is 1.91. The highest BCUT2D eigenvalue weighted by Crippen LogP contribution is 2.29. The summed E-state index contributed by atoms with van der Waals surface area (Å²) < 4.78 is 32.5. The Labute approximate surface area is 154 Å². The van der Waals surface area contributed by atoms with Crippen molar-refractivity contribution in [2.75, 3.05) is 13.7 Å². The lowest BCUT2D eigenvalue weighted by Crippen LogP contribution is -2.40. The number of carbonyl (C=O) groups excluding carboxylic acids is 1. The molecule has 6 heteroatoms. The average Bonchev–Trinajstić information content (AvgIpc) is 3.14. The predicted octanol–water partition coefficient (Wildman–Crippen LogP) is 3.35. The molecular formula is C20H23NO4S. The lowest BCUT2D eigenvalue weighted by molar-refractivity contribution is 0.0918. The highest BCUT2D eigenvalue weighted by molar-refractivity contribution is 7.89. The zero-order valence-corrected chi connectivity index (χ0v) is 16.0. The van der Waals surface area contributed by atoms with Gasteiger partial charge in [-0.2, -0.15) is 4.31 Å². The second-order valence-electron chi connectivity index (χ2n) is 6.61. The van der Waals surface area contributed by atoms with Gasteiger partial charge in [0.2, 0.25) is 10.0 Å². The van der Waals surface area contributed by atoms with Crippen LogP contribution in [0.25, 0.3) is 0 Å². The Kier molecular flexibility index (Phi) is 5.16. The molecular weight excluding hydrogens is 350 g/mol. The number of Topliss-reactive ketones (excluding diaryl/α,β-unsaturated/α-hetero) is 1. The predicted molar refractivity (Wildman–Crippen MR) is 100 cm³/mol. The maximum absolute atomic E-state index is 13.0. The van der Waals surface area contributed by atoms with Crippen molar-refractivity contribution in [3.05, 3.63) is 59.2 Å². The summed E-state index contributed by atoms with van der Waals surface area (Å²) in [7, 11) is -2.20. The zero-order chi connectivity index (χ0) is 18.9. The topological polar surface area (TPSA) is 63.7 Å². The molecule has 1 atom stereocenters. The molecule has 1 saturated heterocycles. The molecule has 0 radical (unpaired) electrons. The van der Waals surface area contributed by atoms with Crippen LogP contribution in [0.15, 0.2) is 47.4 Å². The average molecular weight is 373 g/mol. The zero-order valence-electron chi connectivity index (χ0n) is 15.2. The number of rotatable bonds is 5. The van der Waals surface area contributed by atoms with Crippen LogP contribution in [0, 0.1) is 13.8 Å². The van der Waals surface area contributed by atoms with E-state index >= 15 is 0 Å². The van der Waals surface area contributed by atoms with Gasteiger partial charge < -0.3 is 4.74 Å². The first-order chi connectivity index (χ1) is 12.3. The van der Waals surface area contributed by atoms with Gasteiger partial charge in [-0.05, 0) is 68.1 Å². The summed E-state index contributed by atoms with van der Waals surface area (Å²) in [5.74, 6) is 0.454. The van der Waals surface area contributed by atoms with Crippen molar-refractivity contribution in [3.63, 3.8) is 0 Å². The molecule has 0 aliphatic carbocycles. The molecule has 1 fully saturated rings. The second-order valence-corrected chi connectivity index (χ2v) is 8.50. The lowest BCUT2D eigenvalue weighted by atomic mass is 9.99. The summed E-state index contributed by atoms with van der Waals surface area (Å²) in [4.78, 5) is 13.2. The molecule has 0 saturated carbocycles. The van der Waals surface area contributed by atoms with Crippen molar-refractivity contribution in [3.8, 4) is 5.75 Å². The maximum Gasteiger partial charge on any atom is 0.243 e. The van der Waals surface area contributed by atoms with Gasteiger partial charge in [0.1, 0.15) is 5.75 Å². The van der Waals surface area contributed by atoms with Crippen LogP contribution in [0.2, 0.25) is 0 Å². The molecule has 138 valence electrons. The van der Waals surface area contributed by atoms with Crippen molar-refractivity contribution in [1.82, 2.24) is 4.31 Å². The fraction of sp³-hybridized carbons (Fsp3) is 0.350. The number of ether oxygens (including phenoxy) is 1. The summed E-state index contributed by atoms with van der Waals surface area (Å²) in [6.45, 7) is 4.29. The fourth-order valence-corrected chi connectivity index (χ4v) is 4.92. The number of benzene rings is 2. The van der Waals surface area contributed by atoms with Gasteiger partial charge in [-0.1, -0.05) is 12.1 Å². The smallest absolute Gasteiger partial charge is 0.243 e. The third kappa shape index (κ3) is 3.39. The van der Waals surface area contributed by atoms with E-state index in [1.54, 1.807) is 18.2 Å². The molecule has 0 amide bonds. The number of aryl methyl sites for hydroxylation is 2. The van der Waals surface area contributed by atoms with Crippen molar-refractivity contribution in [2.24, 2.45) is 0 Å². The van der Waals surface area contributed by atoms with Gasteiger partial charge in [0.25, 0.3) is 0 Å². The summed E-state index contributed by atoms with van der Waals surface area (Å²) in [6.07, 6.45) is 1.22. The number of hydrogen-bond donors (Lipinski definition) is 0. The number of carbonyl (C=O) groups is 1. The molecule has 0 N–H and O–H groups in total. The minimum Gasteiger partial charge on any atom is -0.497 e. The SMILES string of the molecule is COc1ccc(S(=O)(=O)N2CCCC2C(=O)c2ccc(C)c(C)c2)cc1. The molecule has 3 rings (SSSR count). The largest absolute Gasteiger partial charge is 0.497 e. The number of nitrogens with zero attached hydrogens (tertiary/aromatic N) is 1. The Morgan fingerprint density at radius 3 is 2.38 bits per heavy atom. The van der Waals surface area contributed by atoms with Gasteiger partial charge in [0, 0.05) is 12.1 Å². The Morgan fingerprint density at radius 2 is 1.77 bits per heavy atom. The monoisotopic (exact) mass is 373 g/mol. The minimum absolute atomic E-state index is 0.136. The van der Waals surface area contributed by atoms with E-state index < -0.39 is 16.1 Å². The first-order valence-electron chi connectivity index (χ1n) is 8.62. The van der Waals surface area contributed by atoms with Crippen LogP contribution < -0.4 is 4.74 Å². The number of methoxy groups -OCH3 is 1. The Bertz CT molecular complexity index is 919. The van der Waals surface area contributed by atoms with Crippen LogP contribution in [0.3, 0.4) is 0 Å². The third-order valence-corrected chi connectivity index (χ3v) is 6.89. The van der Waals surface area contributed by atoms with Crippen molar-refractivity contribution >= 4 is 15.8 Å². The molecule has 1 aliphatic heterocycles. The maximum atomic E-state index is 13.0. The van der Waals surface area contributed by atoms with Crippen LogP contribution in [0.5, 0.6) is 5.75 Å². The van der Waals surface area contributed by atoms with Crippen LogP contribution >= 0.6 is 0 Å². The van der Waals surface area contributed by atoms with Gasteiger partial charge in [0.15, 0.2) is 5.78 Å². The summed E-state index contributed by atoms with van der Waals surface area (Å²) in [5, 5.41) is 0. The Hall–Kier alpha value is -2.18. The molecule has 0 aromatic heterocycles. The lowest BCUT2D eigenvalue weighted by Gasteiger charge is -2.23. The van der Waals surface area contributed by atoms with Gasteiger partial charge in [0.05, 0.1) is 18.0 Å². The standard InChI is InChI=1S/C20H23NO4S/c1-14-6-7-16(13-15(14)2)20(22)19-5-4-12-21(19)26(23,24)18-10-8-17(25-3)9-11-18/h6-11,13,19H,4-5,12H2,1-3H3. The third-order valence-electron chi connectivity index (χ3n) is 4.96. The van der Waals surface area contributed by atoms with Gasteiger partial charge >= 0.3 is 0 Å². The fourth-order valence-electron chi connectivity index (χ4n) is 3.26. The number of hydrogen-bond acceptors (Lipinski definition) is 4. The normalized spacial score (nSPS) is 18.0. The molecule has 1 heterocycles. The first-order valence-corrected chi connectivity index (χ1v) is 10.1. The number of sulfonamides is 1. The highest BCUT2D eigenvalue weighted by Gasteiger charge is 2.39. The molecule has 2 aromatic rings. The second kappa shape index (κ2) is 7.21. The van der Waals surface area contributed by atoms with Crippen LogP contribution in [-0.4, -0.2) is 38.2 Å². The minimum atomic E-state index is -3.73. The van der Waals surface area contributed by atoms with E-state index in [4.69, 9.17) is 4.74 Å². The Morgan fingerprint density at radius 1 is 1.08 bits per heavy atom. The van der Waals surface area contributed by atoms with Crippen LogP contribution in [-0.2, 0) is 10.0 Å². The number of ketones is 1. The van der Waals surface area contributed by atoms with E-state index in [1.165, 1.54) is 23.5 Å². The molecule has 2 aromatic carbocycles. The van der Waals surface area contributed by atoms with Crippen LogP contribution in [0.1, 0.15) is 34.3 Å². The van der Waals surface area contributed by atoms with Crippen molar-refractivity contribution in [2.45, 2.75) is 37.6 Å². The molecule has 0 bridgehead atoms. The van der Waals surface area contributed by atoms with Gasteiger partial charge in [-0.25, -0.2) is 8.42 Å². The van der Waals surface area contributed by atoms with E-state index in [0.29, 0.717) is 30.7 Å². The molecule has 1 aliphatic rings. The van der Waals surface area contributed by atoms with Gasteiger partial charge in [-0.15, -0.1) is 0 Å². The highest BCUT2D eigenvalue weighted by atomic mass is 32.2. The summed E-state index contributed by atoms with van der Waals surface area (Å²) in [5.41, 5.74) is 2.70. The van der Waals surface area contributed by atoms with E-state index in [9.17, 15) is 13.2 Å². The van der Waals surface area contributed by atoms with E-state index in [-0.39, 0.29) is 10.7 Å². The molecule has 26 heavy (non-hydrogen) atoms. The first kappa shape index (κ1) is 18.6. The molecule has 1 unspecified atom stereocenters. The molecule has 0 spiro atoms. The van der Waals surface area contributed by atoms with E-state index in [0.717, 1.165) is 11.1 Å².